The lowest BCUT2D eigenvalue weighted by molar-refractivity contribution is 0.454. The second-order valence-corrected chi connectivity index (χ2v) is 7.60. The van der Waals surface area contributed by atoms with Gasteiger partial charge in [-0.15, -0.1) is 0 Å². The molecule has 0 saturated heterocycles. The third-order valence-corrected chi connectivity index (χ3v) is 5.01. The van der Waals surface area contributed by atoms with Crippen LogP contribution in [-0.4, -0.2) is 36.2 Å². The van der Waals surface area contributed by atoms with Gasteiger partial charge in [0.2, 0.25) is 5.88 Å². The Bertz CT molecular complexity index is 1410. The molecule has 9 nitrogen and oxygen atoms in total. The average Bonchev–Trinajstić information content (AvgIpc) is 3.37. The number of aromatic nitrogens is 5. The number of aromatic amines is 2. The van der Waals surface area contributed by atoms with Gasteiger partial charge in [-0.2, -0.15) is 9.61 Å². The Morgan fingerprint density at radius 3 is 2.93 bits per heavy atom. The number of hydrogen-bond acceptors (Lipinski definition) is 6. The smallest absolute Gasteiger partial charge is 0.326 e. The molecule has 0 aliphatic heterocycles. The summed E-state index contributed by atoms with van der Waals surface area (Å²) in [5.74, 6) is 1.06. The fourth-order valence-electron chi connectivity index (χ4n) is 3.28. The van der Waals surface area contributed by atoms with Crippen LogP contribution >= 0.6 is 0 Å². The van der Waals surface area contributed by atoms with Crippen LogP contribution in [0.5, 0.6) is 5.88 Å². The summed E-state index contributed by atoms with van der Waals surface area (Å²) in [5, 5.41) is 18.3. The Balaban J connectivity index is 1.66. The molecule has 0 amide bonds. The topological polar surface area (TPSA) is 123 Å². The molecule has 1 fully saturated rings. The fraction of sp³-hybridized carbons (Fsp3) is 0.238. The molecule has 4 aromatic rings. The molecule has 4 N–H and O–H groups in total. The number of H-pyrrole nitrogens is 2. The van der Waals surface area contributed by atoms with Gasteiger partial charge in [-0.3, -0.25) is 9.98 Å². The highest BCUT2D eigenvalue weighted by Crippen LogP contribution is 2.28. The Kier molecular flexibility index (Phi) is 4.35. The molecule has 3 heterocycles. The highest BCUT2D eigenvalue weighted by molar-refractivity contribution is 5.61. The van der Waals surface area contributed by atoms with Crippen molar-refractivity contribution in [2.45, 2.75) is 19.8 Å². The Labute approximate surface area is 170 Å². The maximum Gasteiger partial charge on any atom is 0.326 e. The second-order valence-electron chi connectivity index (χ2n) is 7.60. The molecule has 0 atom stereocenters. The molecular formula is C21H21N7O2. The maximum absolute atomic E-state index is 11.4. The van der Waals surface area contributed by atoms with Gasteiger partial charge in [-0.05, 0) is 49.5 Å². The van der Waals surface area contributed by atoms with E-state index in [0.29, 0.717) is 28.1 Å². The molecular weight excluding hydrogens is 382 g/mol. The monoisotopic (exact) mass is 403 g/mol. The van der Waals surface area contributed by atoms with E-state index in [-0.39, 0.29) is 11.6 Å². The number of hydrogen-bond donors (Lipinski definition) is 4. The number of aromatic hydroxyl groups is 1. The van der Waals surface area contributed by atoms with Gasteiger partial charge < -0.3 is 15.4 Å². The van der Waals surface area contributed by atoms with Crippen LogP contribution in [0, 0.1) is 12.8 Å². The van der Waals surface area contributed by atoms with Crippen molar-refractivity contribution in [3.8, 4) is 5.88 Å². The highest BCUT2D eigenvalue weighted by Gasteiger charge is 2.20. The molecule has 30 heavy (non-hydrogen) atoms. The standard InChI is InChI=1S/C21H21N7O2/c1-12-3-2-4-15(7-12)24-17-9-18(22-10-13-5-6-13)28-19(26-17)14(11-23-28)8-16-20(29)27-21(30)25-16/h2-4,7-9,11,13,24,29H,5-6,10H2,1H3,(H2,25,27,30)/b14-8-,22-18?. The summed E-state index contributed by atoms with van der Waals surface area (Å²) >= 11 is 0. The molecule has 152 valence electrons. The Hall–Kier alpha value is -3.88. The third kappa shape index (κ3) is 3.69. The molecule has 0 unspecified atom stereocenters. The number of imidazole rings is 1. The molecule has 0 spiro atoms. The van der Waals surface area contributed by atoms with Gasteiger partial charge in [0.25, 0.3) is 0 Å². The zero-order valence-electron chi connectivity index (χ0n) is 16.4. The molecule has 0 radical (unpaired) electrons. The van der Waals surface area contributed by atoms with E-state index in [9.17, 15) is 9.90 Å². The van der Waals surface area contributed by atoms with Crippen molar-refractivity contribution >= 4 is 23.2 Å². The summed E-state index contributed by atoms with van der Waals surface area (Å²) in [4.78, 5) is 25.8. The van der Waals surface area contributed by atoms with Crippen LogP contribution < -0.4 is 21.7 Å². The fourth-order valence-corrected chi connectivity index (χ4v) is 3.28. The highest BCUT2D eigenvalue weighted by atomic mass is 16.3. The van der Waals surface area contributed by atoms with E-state index in [1.165, 1.54) is 12.8 Å². The summed E-state index contributed by atoms with van der Waals surface area (Å²) in [6.07, 6.45) is 5.69. The molecule has 9 heteroatoms. The Morgan fingerprint density at radius 1 is 1.33 bits per heavy atom. The largest absolute Gasteiger partial charge is 0.493 e. The molecule has 1 saturated carbocycles. The molecule has 5 rings (SSSR count). The minimum Gasteiger partial charge on any atom is -0.493 e. The summed E-state index contributed by atoms with van der Waals surface area (Å²) in [6.45, 7) is 2.79. The van der Waals surface area contributed by atoms with E-state index in [2.05, 4.69) is 20.4 Å². The number of rotatable bonds is 5. The van der Waals surface area contributed by atoms with E-state index >= 15 is 0 Å². The van der Waals surface area contributed by atoms with E-state index < -0.39 is 5.69 Å². The SMILES string of the molecule is Cc1cccc(Nc2cc(=NCC3CC3)n3nc/c(=C/c4[nH]c(=O)[nH]c4O)c3n2)c1. The summed E-state index contributed by atoms with van der Waals surface area (Å²) in [5.41, 5.74) is 3.13. The van der Waals surface area contributed by atoms with Gasteiger partial charge in [-0.1, -0.05) is 12.1 Å². The average molecular weight is 403 g/mol. The molecule has 1 aliphatic rings. The van der Waals surface area contributed by atoms with Gasteiger partial charge in [0, 0.05) is 23.5 Å². The summed E-state index contributed by atoms with van der Waals surface area (Å²) in [7, 11) is 0. The summed E-state index contributed by atoms with van der Waals surface area (Å²) < 4.78 is 1.68. The van der Waals surface area contributed by atoms with E-state index in [1.54, 1.807) is 16.8 Å². The van der Waals surface area contributed by atoms with Gasteiger partial charge in [0.15, 0.2) is 11.1 Å². The minimum absolute atomic E-state index is 0.230. The van der Waals surface area contributed by atoms with Crippen molar-refractivity contribution < 1.29 is 5.11 Å². The van der Waals surface area contributed by atoms with Crippen molar-refractivity contribution in [2.24, 2.45) is 10.9 Å². The van der Waals surface area contributed by atoms with Crippen molar-refractivity contribution in [1.82, 2.24) is 24.6 Å². The number of anilines is 2. The first-order chi connectivity index (χ1) is 14.5. The molecule has 1 aliphatic carbocycles. The van der Waals surface area contributed by atoms with Gasteiger partial charge in [0.1, 0.15) is 11.5 Å². The van der Waals surface area contributed by atoms with E-state index in [1.807, 2.05) is 37.3 Å². The zero-order valence-corrected chi connectivity index (χ0v) is 16.4. The minimum atomic E-state index is -0.481. The van der Waals surface area contributed by atoms with Gasteiger partial charge in [-0.25, -0.2) is 9.78 Å². The first-order valence-corrected chi connectivity index (χ1v) is 9.81. The predicted molar refractivity (Wildman–Crippen MR) is 112 cm³/mol. The van der Waals surface area contributed by atoms with Gasteiger partial charge >= 0.3 is 5.69 Å². The van der Waals surface area contributed by atoms with Crippen molar-refractivity contribution in [1.29, 1.82) is 0 Å². The molecule has 3 aromatic heterocycles. The van der Waals surface area contributed by atoms with Crippen LogP contribution in [-0.2, 0) is 0 Å². The lowest BCUT2D eigenvalue weighted by Crippen LogP contribution is -2.20. The van der Waals surface area contributed by atoms with E-state index in [0.717, 1.165) is 17.8 Å². The third-order valence-electron chi connectivity index (χ3n) is 5.01. The van der Waals surface area contributed by atoms with Crippen LogP contribution in [0.15, 0.2) is 46.3 Å². The first kappa shape index (κ1) is 18.2. The van der Waals surface area contributed by atoms with Gasteiger partial charge in [0.05, 0.1) is 6.20 Å². The normalized spacial score (nSPS) is 15.2. The van der Waals surface area contributed by atoms with Crippen LogP contribution in [0.3, 0.4) is 0 Å². The lowest BCUT2D eigenvalue weighted by Gasteiger charge is -2.07. The van der Waals surface area contributed by atoms with Crippen LogP contribution in [0.2, 0.25) is 0 Å². The quantitative estimate of drug-likeness (QED) is 0.401. The maximum atomic E-state index is 11.4. The Morgan fingerprint density at radius 2 is 2.20 bits per heavy atom. The second kappa shape index (κ2) is 7.18. The number of aryl methyl sites for hydroxylation is 1. The number of fused-ring (bicyclic) bond motifs is 1. The number of nitrogens with one attached hydrogen (secondary N) is 3. The van der Waals surface area contributed by atoms with Crippen molar-refractivity contribution in [3.63, 3.8) is 0 Å². The van der Waals surface area contributed by atoms with Crippen LogP contribution in [0.4, 0.5) is 11.5 Å². The summed E-state index contributed by atoms with van der Waals surface area (Å²) in [6, 6.07) is 9.92. The lowest BCUT2D eigenvalue weighted by atomic mass is 10.2. The number of benzene rings is 1. The molecule has 1 aromatic carbocycles. The van der Waals surface area contributed by atoms with Crippen LogP contribution in [0.25, 0.3) is 11.7 Å². The zero-order chi connectivity index (χ0) is 20.7. The van der Waals surface area contributed by atoms with Crippen LogP contribution in [0.1, 0.15) is 24.1 Å². The number of nitrogens with zero attached hydrogens (tertiary/aromatic N) is 4. The van der Waals surface area contributed by atoms with Crippen molar-refractivity contribution in [3.05, 3.63) is 69.0 Å². The first-order valence-electron chi connectivity index (χ1n) is 9.81. The van der Waals surface area contributed by atoms with E-state index in [4.69, 9.17) is 9.98 Å². The molecule has 0 bridgehead atoms. The predicted octanol–water partition coefficient (Wildman–Crippen LogP) is 1.36. The van der Waals surface area contributed by atoms with Crippen molar-refractivity contribution in [2.75, 3.05) is 11.9 Å².